The molecule has 1 unspecified atom stereocenters. The van der Waals surface area contributed by atoms with Crippen LogP contribution in [-0.4, -0.2) is 41.1 Å². The Morgan fingerprint density at radius 2 is 2.29 bits per heavy atom. The molecule has 2 heterocycles. The second kappa shape index (κ2) is 4.44. The van der Waals surface area contributed by atoms with Crippen molar-refractivity contribution < 1.29 is 22.8 Å². The zero-order chi connectivity index (χ0) is 12.5. The molecule has 1 aliphatic heterocycles. The van der Waals surface area contributed by atoms with E-state index in [2.05, 4.69) is 10.1 Å². The maximum atomic E-state index is 11.4. The Kier molecular flexibility index (Phi) is 3.14. The summed E-state index contributed by atoms with van der Waals surface area (Å²) in [6.45, 7) is 0. The zero-order valence-electron chi connectivity index (χ0n) is 9.00. The van der Waals surface area contributed by atoms with Crippen LogP contribution in [0.25, 0.3) is 0 Å². The molecule has 1 atom stereocenters. The first-order chi connectivity index (χ1) is 7.96. The molecule has 1 N–H and O–H groups in total. The Labute approximate surface area is 97.7 Å². The summed E-state index contributed by atoms with van der Waals surface area (Å²) in [5, 5.41) is 12.1. The third kappa shape index (κ3) is 3.02. The molecule has 0 aliphatic carbocycles. The summed E-state index contributed by atoms with van der Waals surface area (Å²) in [4.78, 5) is 14.4. The van der Waals surface area contributed by atoms with Gasteiger partial charge in [0.25, 0.3) is 0 Å². The van der Waals surface area contributed by atoms with Gasteiger partial charge in [-0.25, -0.2) is 8.42 Å². The van der Waals surface area contributed by atoms with Crippen molar-refractivity contribution in [1.82, 2.24) is 10.1 Å². The maximum Gasteiger partial charge on any atom is 0.311 e. The highest BCUT2D eigenvalue weighted by Crippen LogP contribution is 2.26. The van der Waals surface area contributed by atoms with Gasteiger partial charge in [-0.2, -0.15) is 4.98 Å². The van der Waals surface area contributed by atoms with E-state index in [9.17, 15) is 13.2 Å². The Morgan fingerprint density at radius 3 is 2.94 bits per heavy atom. The van der Waals surface area contributed by atoms with E-state index in [-0.39, 0.29) is 35.6 Å². The fraction of sp³-hybridized carbons (Fsp3) is 0.667. The molecule has 1 aromatic rings. The molecular formula is C9H12N2O5S. The van der Waals surface area contributed by atoms with Crippen molar-refractivity contribution in [2.75, 3.05) is 11.5 Å². The van der Waals surface area contributed by atoms with Crippen LogP contribution in [0, 0.1) is 0 Å². The Morgan fingerprint density at radius 1 is 1.53 bits per heavy atom. The summed E-state index contributed by atoms with van der Waals surface area (Å²) in [5.74, 6) is -0.848. The molecule has 0 bridgehead atoms. The highest BCUT2D eigenvalue weighted by Gasteiger charge is 2.30. The normalized spacial score (nSPS) is 23.4. The second-order valence-corrected chi connectivity index (χ2v) is 6.30. The van der Waals surface area contributed by atoms with Crippen molar-refractivity contribution in [3.05, 3.63) is 11.7 Å². The average Bonchev–Trinajstić information content (AvgIpc) is 2.63. The fourth-order valence-corrected chi connectivity index (χ4v) is 3.55. The predicted octanol–water partition coefficient (Wildman–Crippen LogP) is -0.0111. The van der Waals surface area contributed by atoms with Gasteiger partial charge in [0.1, 0.15) is 6.42 Å². The van der Waals surface area contributed by atoms with E-state index in [1.807, 2.05) is 0 Å². The number of nitrogens with zero attached hydrogens (tertiary/aromatic N) is 2. The monoisotopic (exact) mass is 260 g/mol. The van der Waals surface area contributed by atoms with Gasteiger partial charge in [0, 0.05) is 0 Å². The molecule has 0 saturated carbocycles. The average molecular weight is 260 g/mol. The topological polar surface area (TPSA) is 110 Å². The first-order valence-electron chi connectivity index (χ1n) is 5.21. The second-order valence-electron chi connectivity index (χ2n) is 4.07. The number of sulfone groups is 1. The van der Waals surface area contributed by atoms with E-state index < -0.39 is 15.8 Å². The van der Waals surface area contributed by atoms with Crippen molar-refractivity contribution in [1.29, 1.82) is 0 Å². The molecular weight excluding hydrogens is 248 g/mol. The summed E-state index contributed by atoms with van der Waals surface area (Å²) < 4.78 is 27.8. The van der Waals surface area contributed by atoms with Crippen LogP contribution in [0.15, 0.2) is 4.52 Å². The summed E-state index contributed by atoms with van der Waals surface area (Å²) in [7, 11) is -3.04. The largest absolute Gasteiger partial charge is 0.481 e. The minimum Gasteiger partial charge on any atom is -0.481 e. The number of aromatic nitrogens is 2. The van der Waals surface area contributed by atoms with Crippen LogP contribution in [-0.2, 0) is 21.1 Å². The first kappa shape index (κ1) is 12.0. The van der Waals surface area contributed by atoms with Crippen LogP contribution in [0.4, 0.5) is 0 Å². The van der Waals surface area contributed by atoms with Gasteiger partial charge in [0.2, 0.25) is 5.89 Å². The highest BCUT2D eigenvalue weighted by atomic mass is 32.2. The van der Waals surface area contributed by atoms with Crippen LogP contribution < -0.4 is 0 Å². The van der Waals surface area contributed by atoms with Gasteiger partial charge in [-0.05, 0) is 12.8 Å². The number of carboxylic acid groups (broad SMARTS) is 1. The van der Waals surface area contributed by atoms with Gasteiger partial charge < -0.3 is 9.63 Å². The van der Waals surface area contributed by atoms with Crippen molar-refractivity contribution in [3.63, 3.8) is 0 Å². The summed E-state index contributed by atoms with van der Waals surface area (Å²) in [6, 6.07) is 0. The Bertz CT molecular complexity index is 521. The summed E-state index contributed by atoms with van der Waals surface area (Å²) in [5.41, 5.74) is 0. The van der Waals surface area contributed by atoms with E-state index in [0.717, 1.165) is 0 Å². The Balaban J connectivity index is 2.12. The number of rotatable bonds is 3. The smallest absolute Gasteiger partial charge is 0.311 e. The van der Waals surface area contributed by atoms with Gasteiger partial charge in [-0.1, -0.05) is 5.16 Å². The van der Waals surface area contributed by atoms with Gasteiger partial charge in [-0.3, -0.25) is 4.79 Å². The lowest BCUT2D eigenvalue weighted by Crippen LogP contribution is -2.23. The van der Waals surface area contributed by atoms with Crippen LogP contribution in [0.3, 0.4) is 0 Å². The number of carbonyl (C=O) groups is 1. The van der Waals surface area contributed by atoms with Gasteiger partial charge >= 0.3 is 5.97 Å². The lowest BCUT2D eigenvalue weighted by molar-refractivity contribution is -0.136. The summed E-state index contributed by atoms with van der Waals surface area (Å²) >= 11 is 0. The molecule has 0 amide bonds. The van der Waals surface area contributed by atoms with E-state index >= 15 is 0 Å². The molecule has 1 saturated heterocycles. The van der Waals surface area contributed by atoms with Crippen molar-refractivity contribution >= 4 is 15.8 Å². The number of hydrogen-bond donors (Lipinski definition) is 1. The van der Waals surface area contributed by atoms with E-state index in [4.69, 9.17) is 9.63 Å². The van der Waals surface area contributed by atoms with Crippen molar-refractivity contribution in [2.45, 2.75) is 25.2 Å². The van der Waals surface area contributed by atoms with Crippen LogP contribution in [0.1, 0.15) is 30.5 Å². The minimum absolute atomic E-state index is 0.00169. The number of carboxylic acids is 1. The fourth-order valence-electron chi connectivity index (χ4n) is 1.86. The molecule has 8 heteroatoms. The Hall–Kier alpha value is -1.44. The highest BCUT2D eigenvalue weighted by molar-refractivity contribution is 7.91. The third-order valence-electron chi connectivity index (χ3n) is 2.61. The number of aliphatic carboxylic acids is 1. The lowest BCUT2D eigenvalue weighted by Gasteiger charge is -2.17. The molecule has 0 spiro atoms. The van der Waals surface area contributed by atoms with Crippen LogP contribution >= 0.6 is 0 Å². The molecule has 17 heavy (non-hydrogen) atoms. The SMILES string of the molecule is O=C(O)Cc1noc(C2CCCS(=O)(=O)C2)n1. The summed E-state index contributed by atoms with van der Waals surface area (Å²) in [6.07, 6.45) is 0.931. The molecule has 94 valence electrons. The van der Waals surface area contributed by atoms with E-state index in [1.54, 1.807) is 0 Å². The molecule has 0 radical (unpaired) electrons. The molecule has 1 aromatic heterocycles. The molecule has 7 nitrogen and oxygen atoms in total. The number of hydrogen-bond acceptors (Lipinski definition) is 6. The van der Waals surface area contributed by atoms with Crippen molar-refractivity contribution in [3.8, 4) is 0 Å². The molecule has 1 fully saturated rings. The minimum atomic E-state index is -3.04. The van der Waals surface area contributed by atoms with Gasteiger partial charge in [0.05, 0.1) is 17.4 Å². The van der Waals surface area contributed by atoms with Crippen LogP contribution in [0.5, 0.6) is 0 Å². The van der Waals surface area contributed by atoms with Gasteiger partial charge in [-0.15, -0.1) is 0 Å². The van der Waals surface area contributed by atoms with Crippen molar-refractivity contribution in [2.24, 2.45) is 0 Å². The standard InChI is InChI=1S/C9H12N2O5S/c12-8(13)4-7-10-9(16-11-7)6-2-1-3-17(14,15)5-6/h6H,1-5H2,(H,12,13). The molecule has 2 rings (SSSR count). The van der Waals surface area contributed by atoms with Gasteiger partial charge in [0.15, 0.2) is 15.7 Å². The zero-order valence-corrected chi connectivity index (χ0v) is 9.81. The third-order valence-corrected chi connectivity index (χ3v) is 4.43. The quantitative estimate of drug-likeness (QED) is 0.813. The first-order valence-corrected chi connectivity index (χ1v) is 7.03. The predicted molar refractivity (Wildman–Crippen MR) is 56.3 cm³/mol. The maximum absolute atomic E-state index is 11.4. The van der Waals surface area contributed by atoms with Crippen LogP contribution in [0.2, 0.25) is 0 Å². The molecule has 1 aliphatic rings. The van der Waals surface area contributed by atoms with E-state index in [0.29, 0.717) is 12.8 Å². The van der Waals surface area contributed by atoms with E-state index in [1.165, 1.54) is 0 Å². The molecule has 0 aromatic carbocycles. The lowest BCUT2D eigenvalue weighted by atomic mass is 10.1.